The molecule has 1 saturated carbocycles. The van der Waals surface area contributed by atoms with Crippen LogP contribution >= 0.6 is 11.6 Å². The van der Waals surface area contributed by atoms with Crippen molar-refractivity contribution in [2.24, 2.45) is 17.8 Å². The molecule has 5 aliphatic rings. The number of aryl methyl sites for hydroxylation is 1. The predicted octanol–water partition coefficient (Wildman–Crippen LogP) is 6.60. The van der Waals surface area contributed by atoms with Crippen molar-refractivity contribution in [2.45, 2.75) is 88.5 Å². The summed E-state index contributed by atoms with van der Waals surface area (Å²) in [5, 5.41) is 0.443. The zero-order valence-electron chi connectivity index (χ0n) is 31.9. The number of anilines is 1. The molecule has 0 radical (unpaired) electrons. The Morgan fingerprint density at radius 1 is 1.12 bits per heavy atom. The summed E-state index contributed by atoms with van der Waals surface area (Å²) >= 11 is 6.52. The summed E-state index contributed by atoms with van der Waals surface area (Å²) in [7, 11) is -1.05. The van der Waals surface area contributed by atoms with Crippen LogP contribution in [0.5, 0.6) is 5.75 Å². The van der Waals surface area contributed by atoms with Crippen molar-refractivity contribution in [3.05, 3.63) is 70.3 Å². The molecule has 2 bridgehead atoms. The molecule has 52 heavy (non-hydrogen) atoms. The first-order valence-electron chi connectivity index (χ1n) is 19.5. The summed E-state index contributed by atoms with van der Waals surface area (Å²) < 4.78 is 30.4. The Morgan fingerprint density at radius 2 is 1.90 bits per heavy atom. The first-order chi connectivity index (χ1) is 24.8. The van der Waals surface area contributed by atoms with Crippen LogP contribution in [0.4, 0.5) is 5.69 Å². The van der Waals surface area contributed by atoms with E-state index in [2.05, 4.69) is 70.3 Å². The lowest BCUT2D eigenvalue weighted by molar-refractivity contribution is -0.0961. The van der Waals surface area contributed by atoms with Gasteiger partial charge in [0.25, 0.3) is 5.91 Å². The summed E-state index contributed by atoms with van der Waals surface area (Å²) in [6.07, 6.45) is 10.6. The fourth-order valence-electron chi connectivity index (χ4n) is 9.69. The number of hydrogen-bond donors (Lipinski definition) is 1. The van der Waals surface area contributed by atoms with Crippen molar-refractivity contribution in [1.29, 1.82) is 0 Å². The Hall–Kier alpha value is -2.56. The van der Waals surface area contributed by atoms with Gasteiger partial charge in [-0.25, -0.2) is 4.21 Å². The number of carbonyl (C=O) groups excluding carboxylic acids is 1. The molecule has 7 rings (SSSR count). The number of nitrogens with zero attached hydrogens (tertiary/aromatic N) is 3. The van der Waals surface area contributed by atoms with Gasteiger partial charge in [0.1, 0.15) is 11.4 Å². The van der Waals surface area contributed by atoms with Crippen LogP contribution in [0.15, 0.2) is 48.6 Å². The SMILES string of the molecule is C=S1(=O)NC(=O)c2ccc3c(c2)N(C[C@@H]2CC[C@H]2[C@](CN2CCN(C(C)C)CC2)(OC)/C=C/C[C@H](C)[C@H]1C)C[C@@]1(CCCc2cc(Cl)ccc21)CO3. The van der Waals surface area contributed by atoms with Gasteiger partial charge in [-0.05, 0) is 124 Å². The topological polar surface area (TPSA) is 74.4 Å². The van der Waals surface area contributed by atoms with Gasteiger partial charge in [-0.1, -0.05) is 36.7 Å². The van der Waals surface area contributed by atoms with Gasteiger partial charge in [-0.3, -0.25) is 19.3 Å². The number of hydrogen-bond acceptors (Lipinski definition) is 7. The molecule has 1 amide bonds. The Balaban J connectivity index is 1.29. The molecule has 3 aliphatic heterocycles. The smallest absolute Gasteiger partial charge is 0.262 e. The fraction of sp³-hybridized carbons (Fsp3) is 0.619. The molecule has 2 aromatic carbocycles. The van der Waals surface area contributed by atoms with E-state index in [9.17, 15) is 9.00 Å². The first-order valence-corrected chi connectivity index (χ1v) is 21.7. The molecule has 3 heterocycles. The van der Waals surface area contributed by atoms with Gasteiger partial charge in [-0.15, -0.1) is 0 Å². The minimum absolute atomic E-state index is 0.0381. The van der Waals surface area contributed by atoms with Crippen molar-refractivity contribution in [1.82, 2.24) is 14.5 Å². The van der Waals surface area contributed by atoms with Gasteiger partial charge in [0.05, 0.1) is 22.0 Å². The first kappa shape index (κ1) is 37.7. The Labute approximate surface area is 317 Å². The molecule has 1 spiro atoms. The van der Waals surface area contributed by atoms with Crippen molar-refractivity contribution < 1.29 is 18.5 Å². The maximum absolute atomic E-state index is 14.0. The van der Waals surface area contributed by atoms with Crippen LogP contribution in [0.25, 0.3) is 0 Å². The normalized spacial score (nSPS) is 35.1. The largest absolute Gasteiger partial charge is 0.490 e. The van der Waals surface area contributed by atoms with Gasteiger partial charge in [-0.2, -0.15) is 0 Å². The predicted molar refractivity (Wildman–Crippen MR) is 214 cm³/mol. The van der Waals surface area contributed by atoms with E-state index in [1.54, 1.807) is 6.07 Å². The second-order valence-corrected chi connectivity index (χ2v) is 19.6. The van der Waals surface area contributed by atoms with Crippen LogP contribution < -0.4 is 14.4 Å². The minimum atomic E-state index is -2.95. The summed E-state index contributed by atoms with van der Waals surface area (Å²) in [5.74, 6) is 5.24. The highest BCUT2D eigenvalue weighted by Crippen LogP contribution is 2.49. The van der Waals surface area contributed by atoms with E-state index in [1.807, 2.05) is 32.2 Å². The zero-order valence-corrected chi connectivity index (χ0v) is 33.4. The van der Waals surface area contributed by atoms with Gasteiger partial charge >= 0.3 is 0 Å². The molecule has 8 nitrogen and oxygen atoms in total. The Kier molecular flexibility index (Phi) is 10.8. The van der Waals surface area contributed by atoms with Crippen molar-refractivity contribution >= 4 is 38.8 Å². The highest BCUT2D eigenvalue weighted by molar-refractivity contribution is 7.99. The lowest BCUT2D eigenvalue weighted by Gasteiger charge is -2.52. The van der Waals surface area contributed by atoms with E-state index in [4.69, 9.17) is 21.1 Å². The summed E-state index contributed by atoms with van der Waals surface area (Å²) in [4.78, 5) is 21.5. The van der Waals surface area contributed by atoms with Crippen molar-refractivity contribution in [2.75, 3.05) is 64.4 Å². The van der Waals surface area contributed by atoms with E-state index >= 15 is 0 Å². The van der Waals surface area contributed by atoms with Gasteiger partial charge in [0, 0.05) is 80.2 Å². The number of carbonyl (C=O) groups is 1. The van der Waals surface area contributed by atoms with Gasteiger partial charge in [0.2, 0.25) is 0 Å². The molecule has 284 valence electrons. The van der Waals surface area contributed by atoms with Crippen molar-refractivity contribution in [3.63, 3.8) is 0 Å². The number of nitrogens with one attached hydrogen (secondary N) is 1. The second kappa shape index (κ2) is 14.9. The Bertz CT molecular complexity index is 1770. The average molecular weight is 751 g/mol. The van der Waals surface area contributed by atoms with E-state index < -0.39 is 15.3 Å². The number of rotatable bonds is 4. The van der Waals surface area contributed by atoms with Gasteiger partial charge in [0.15, 0.2) is 0 Å². The van der Waals surface area contributed by atoms with Crippen LogP contribution in [0, 0.1) is 17.8 Å². The molecule has 0 aromatic heterocycles. The number of halogens is 1. The molecule has 10 heteroatoms. The molecular weight excluding hydrogens is 692 g/mol. The van der Waals surface area contributed by atoms with Gasteiger partial charge < -0.3 is 14.4 Å². The highest BCUT2D eigenvalue weighted by Gasteiger charge is 2.50. The third kappa shape index (κ3) is 7.29. The zero-order chi connectivity index (χ0) is 36.8. The summed E-state index contributed by atoms with van der Waals surface area (Å²) in [6.45, 7) is 15.8. The third-order valence-corrected chi connectivity index (χ3v) is 15.8. The lowest BCUT2D eigenvalue weighted by atomic mass is 9.63. The number of benzene rings is 2. The van der Waals surface area contributed by atoms with Crippen LogP contribution in [-0.4, -0.2) is 102 Å². The quantitative estimate of drug-likeness (QED) is 0.279. The van der Waals surface area contributed by atoms with E-state index in [-0.39, 0.29) is 22.5 Å². The third-order valence-electron chi connectivity index (χ3n) is 13.4. The minimum Gasteiger partial charge on any atom is -0.490 e. The van der Waals surface area contributed by atoms with Crippen LogP contribution in [0.3, 0.4) is 0 Å². The molecule has 1 N–H and O–H groups in total. The molecular formula is C42H59ClN4O4S. The standard InChI is InChI=1S/C42H59ClN4O4S/c1-29(2)46-21-19-45(20-22-46)27-42(50-5)18-7-9-30(3)31(4)52(6,49)44-40(48)33-12-16-39-38(24-33)47(25-34-11-14-37(34)42)26-41(28-51-39)17-8-10-32-23-35(43)13-15-36(32)41/h7,12-13,15-16,18,23-24,29-31,34,37H,6,8-11,14,17,19-22,25-28H2,1-5H3,(H,44,48,49)/b18-7+/t30-,31+,34-,37+,41-,42-,52?/m0/s1. The number of ether oxygens (including phenoxy) is 2. The molecule has 2 aromatic rings. The number of allylic oxidation sites excluding steroid dienone is 1. The summed E-state index contributed by atoms with van der Waals surface area (Å²) in [5.41, 5.74) is 3.34. The number of methoxy groups -OCH3 is 1. The monoisotopic (exact) mass is 750 g/mol. The van der Waals surface area contributed by atoms with E-state index in [1.165, 1.54) is 11.1 Å². The Morgan fingerprint density at radius 3 is 2.62 bits per heavy atom. The van der Waals surface area contributed by atoms with Crippen LogP contribution in [0.2, 0.25) is 5.02 Å². The maximum atomic E-state index is 14.0. The molecule has 1 saturated heterocycles. The average Bonchev–Trinajstić information content (AvgIpc) is 3.25. The summed E-state index contributed by atoms with van der Waals surface area (Å²) in [6, 6.07) is 12.6. The number of fused-ring (bicyclic) bond motifs is 4. The molecule has 2 aliphatic carbocycles. The van der Waals surface area contributed by atoms with Crippen LogP contribution in [0.1, 0.15) is 81.3 Å². The second-order valence-electron chi connectivity index (χ2n) is 16.8. The van der Waals surface area contributed by atoms with E-state index in [0.29, 0.717) is 30.0 Å². The van der Waals surface area contributed by atoms with Crippen LogP contribution in [-0.2, 0) is 26.3 Å². The molecule has 7 atom stereocenters. The lowest BCUT2D eigenvalue weighted by Crippen LogP contribution is -2.59. The maximum Gasteiger partial charge on any atom is 0.262 e. The highest BCUT2D eigenvalue weighted by atomic mass is 35.5. The van der Waals surface area contributed by atoms with E-state index in [0.717, 1.165) is 101 Å². The van der Waals surface area contributed by atoms with Crippen molar-refractivity contribution in [3.8, 4) is 5.75 Å². The fourth-order valence-corrected chi connectivity index (χ4v) is 11.4. The number of amides is 1. The molecule has 1 unspecified atom stereocenters. The number of piperazine rings is 1. The molecule has 2 fully saturated rings.